The smallest absolute Gasteiger partial charge is 0.744 e. The summed E-state index contributed by atoms with van der Waals surface area (Å²) < 4.78 is 74.5. The molecule has 0 unspecified atom stereocenters. The number of ether oxygens (including phenoxy) is 2. The molecule has 0 atom stereocenters. The Morgan fingerprint density at radius 2 is 0.794 bits per heavy atom. The van der Waals surface area contributed by atoms with E-state index >= 15 is 0 Å². The Hall–Kier alpha value is -5.21. The SMILES string of the molecule is CCCCCCOC(=O)c1ccncc1.CCCCCCOC(=O)c1ccncc1.O=S(=O)([O-])c1ccc2ccccc2c1.O=S(=O)([O-])c1ccc2ccccc2c1.[Ni+2].[OH3+].[OH3+].[OH3+].[OH3+]. The van der Waals surface area contributed by atoms with Crippen molar-refractivity contribution in [1.82, 2.24) is 9.97 Å². The summed E-state index contributed by atoms with van der Waals surface area (Å²) in [6.07, 6.45) is 15.3. The molecule has 0 radical (unpaired) electrons. The Morgan fingerprint density at radius 1 is 0.476 bits per heavy atom. The Morgan fingerprint density at radius 3 is 1.10 bits per heavy atom. The van der Waals surface area contributed by atoms with E-state index in [1.54, 1.807) is 85.5 Å². The third-order valence-corrected chi connectivity index (χ3v) is 9.98. The minimum absolute atomic E-state index is 0. The van der Waals surface area contributed by atoms with Crippen molar-refractivity contribution in [3.05, 3.63) is 145 Å². The zero-order valence-corrected chi connectivity index (χ0v) is 37.8. The Labute approximate surface area is 378 Å². The van der Waals surface area contributed by atoms with Gasteiger partial charge in [-0.3, -0.25) is 9.97 Å². The molecule has 0 saturated carbocycles. The fraction of sp³-hybridized carbons (Fsp3) is 0.273. The summed E-state index contributed by atoms with van der Waals surface area (Å²) in [5, 5.41) is 3.34. The van der Waals surface area contributed by atoms with E-state index in [0.717, 1.165) is 47.2 Å². The monoisotopic (exact) mass is 962 g/mol. The van der Waals surface area contributed by atoms with Crippen molar-refractivity contribution in [2.24, 2.45) is 0 Å². The molecule has 0 saturated heterocycles. The van der Waals surface area contributed by atoms with Crippen LogP contribution in [0.1, 0.15) is 85.9 Å². The predicted octanol–water partition coefficient (Wildman–Crippen LogP) is 5.44. The first-order valence-corrected chi connectivity index (χ1v) is 21.7. The van der Waals surface area contributed by atoms with Gasteiger partial charge in [0, 0.05) is 24.8 Å². The number of esters is 2. The van der Waals surface area contributed by atoms with Gasteiger partial charge in [-0.15, -0.1) is 0 Å². The third-order valence-electron chi connectivity index (χ3n) is 8.31. The van der Waals surface area contributed by atoms with Crippen molar-refractivity contribution in [2.45, 2.75) is 75.0 Å². The molecule has 6 rings (SSSR count). The molecule has 63 heavy (non-hydrogen) atoms. The van der Waals surface area contributed by atoms with E-state index in [4.69, 9.17) is 9.47 Å². The first-order chi connectivity index (χ1) is 27.8. The van der Waals surface area contributed by atoms with E-state index in [9.17, 15) is 35.5 Å². The normalized spacial score (nSPS) is 9.97. The Bertz CT molecular complexity index is 2220. The maximum atomic E-state index is 11.4. The Kier molecular flexibility index (Phi) is 32.9. The summed E-state index contributed by atoms with van der Waals surface area (Å²) in [4.78, 5) is 30.2. The van der Waals surface area contributed by atoms with Crippen LogP contribution in [-0.2, 0) is 68.1 Å². The zero-order valence-electron chi connectivity index (χ0n) is 35.2. The molecule has 0 fully saturated rings. The van der Waals surface area contributed by atoms with E-state index in [-0.39, 0.29) is 60.1 Å². The van der Waals surface area contributed by atoms with Gasteiger partial charge in [0.2, 0.25) is 0 Å². The number of rotatable bonds is 14. The Balaban J connectivity index is -0.000000742. The van der Waals surface area contributed by atoms with Gasteiger partial charge in [-0.2, -0.15) is 0 Å². The minimum Gasteiger partial charge on any atom is -0.744 e. The van der Waals surface area contributed by atoms with Crippen LogP contribution in [0.2, 0.25) is 0 Å². The van der Waals surface area contributed by atoms with E-state index < -0.39 is 20.2 Å². The molecule has 0 bridgehead atoms. The molecule has 0 aliphatic carbocycles. The van der Waals surface area contributed by atoms with Gasteiger partial charge in [-0.05, 0) is 82.9 Å². The van der Waals surface area contributed by atoms with Crippen LogP contribution in [0.4, 0.5) is 0 Å². The van der Waals surface area contributed by atoms with Crippen LogP contribution in [-0.4, -0.2) is 61.1 Å². The van der Waals surface area contributed by atoms with Gasteiger partial charge in [0.1, 0.15) is 20.2 Å². The molecule has 16 nitrogen and oxygen atoms in total. The molecule has 2 aromatic heterocycles. The van der Waals surface area contributed by atoms with Crippen molar-refractivity contribution < 1.29 is 83.4 Å². The van der Waals surface area contributed by atoms with Gasteiger partial charge >= 0.3 is 28.4 Å². The largest absolute Gasteiger partial charge is 2.00 e. The van der Waals surface area contributed by atoms with Crippen molar-refractivity contribution in [3.63, 3.8) is 0 Å². The number of carbonyl (C=O) groups excluding carboxylic acids is 2. The summed E-state index contributed by atoms with van der Waals surface area (Å²) in [6.45, 7) is 5.34. The average molecular weight is 964 g/mol. The molecule has 0 spiro atoms. The molecule has 4 aromatic carbocycles. The molecule has 0 aliphatic rings. The van der Waals surface area contributed by atoms with Crippen molar-refractivity contribution >= 4 is 53.7 Å². The van der Waals surface area contributed by atoms with Crippen LogP contribution in [0.5, 0.6) is 0 Å². The molecule has 6 aromatic rings. The second-order valence-electron chi connectivity index (χ2n) is 12.8. The number of carbonyl (C=O) groups is 2. The number of unbranched alkanes of at least 4 members (excludes halogenated alkanes) is 6. The van der Waals surface area contributed by atoms with E-state index in [0.29, 0.717) is 24.3 Å². The van der Waals surface area contributed by atoms with Crippen LogP contribution in [0.25, 0.3) is 21.5 Å². The standard InChI is InChI=1S/2C12H17NO2.2C10H8O3S.Ni.4H2O/c2*1-2-3-4-5-10-15-12(14)11-6-8-13-9-7-11;2*11-14(12,13)10-6-5-8-3-1-2-4-9(8)7-10;;;;;/h2*6-9H,2-5,10H2,1H3;2*1-7H,(H,11,12,13);;4*1H2/q;;;;+2;;;;/p+2. The summed E-state index contributed by atoms with van der Waals surface area (Å²) in [5.41, 5.74) is 1.14. The summed E-state index contributed by atoms with van der Waals surface area (Å²) in [7, 11) is -8.69. The first-order valence-electron chi connectivity index (χ1n) is 18.9. The molecular formula is C44H60N2NiO14S2+4. The number of hydrogen-bond acceptors (Lipinski definition) is 12. The van der Waals surface area contributed by atoms with Crippen LogP contribution >= 0.6 is 0 Å². The molecule has 348 valence electrons. The van der Waals surface area contributed by atoms with E-state index in [2.05, 4.69) is 23.8 Å². The fourth-order valence-electron chi connectivity index (χ4n) is 5.18. The van der Waals surface area contributed by atoms with Gasteiger partial charge in [-0.1, -0.05) is 113 Å². The van der Waals surface area contributed by atoms with Gasteiger partial charge in [-0.25, -0.2) is 26.4 Å². The third kappa shape index (κ3) is 23.7. The second kappa shape index (κ2) is 33.4. The van der Waals surface area contributed by atoms with Crippen LogP contribution in [0, 0.1) is 0 Å². The topological polar surface area (TPSA) is 325 Å². The fourth-order valence-corrected chi connectivity index (χ4v) is 6.19. The van der Waals surface area contributed by atoms with Crippen LogP contribution in [0.15, 0.2) is 144 Å². The predicted molar refractivity (Wildman–Crippen MR) is 241 cm³/mol. The molecule has 19 heteroatoms. The summed E-state index contributed by atoms with van der Waals surface area (Å²) in [6, 6.07) is 29.9. The number of nitrogens with zero attached hydrogens (tertiary/aromatic N) is 2. The minimum atomic E-state index is -4.34. The number of pyridine rings is 2. The summed E-state index contributed by atoms with van der Waals surface area (Å²) >= 11 is 0. The molecular weight excluding hydrogens is 903 g/mol. The number of hydrogen-bond donors (Lipinski definition) is 0. The number of benzene rings is 4. The van der Waals surface area contributed by atoms with Crippen LogP contribution in [0.3, 0.4) is 0 Å². The van der Waals surface area contributed by atoms with Crippen molar-refractivity contribution in [2.75, 3.05) is 13.2 Å². The first kappa shape index (κ1) is 62.1. The van der Waals surface area contributed by atoms with Gasteiger partial charge < -0.3 is 40.5 Å². The molecule has 0 aliphatic heterocycles. The summed E-state index contributed by atoms with van der Waals surface area (Å²) in [5.74, 6) is -0.511. The van der Waals surface area contributed by atoms with Gasteiger partial charge in [0.25, 0.3) is 0 Å². The van der Waals surface area contributed by atoms with Crippen molar-refractivity contribution in [3.8, 4) is 0 Å². The van der Waals surface area contributed by atoms with Crippen LogP contribution < -0.4 is 0 Å². The van der Waals surface area contributed by atoms with Gasteiger partial charge in [0.15, 0.2) is 0 Å². The maximum Gasteiger partial charge on any atom is 2.00 e. The molecule has 2 heterocycles. The molecule has 12 N–H and O–H groups in total. The average Bonchev–Trinajstić information content (AvgIpc) is 3.23. The van der Waals surface area contributed by atoms with E-state index in [1.807, 2.05) is 24.3 Å². The zero-order chi connectivity index (χ0) is 42.2. The second-order valence-corrected chi connectivity index (χ2v) is 15.6. The van der Waals surface area contributed by atoms with E-state index in [1.165, 1.54) is 49.9 Å². The number of fused-ring (bicyclic) bond motifs is 2. The van der Waals surface area contributed by atoms with Gasteiger partial charge in [0.05, 0.1) is 34.1 Å². The maximum absolute atomic E-state index is 11.4. The molecule has 0 amide bonds. The van der Waals surface area contributed by atoms with Crippen molar-refractivity contribution in [1.29, 1.82) is 0 Å². The number of aromatic nitrogens is 2. The quantitative estimate of drug-likeness (QED) is 0.0433.